The molecule has 0 bridgehead atoms. The first-order valence-corrected chi connectivity index (χ1v) is 11.2. The topological polar surface area (TPSA) is 126 Å². The maximum Gasteiger partial charge on any atom is 0.433 e. The summed E-state index contributed by atoms with van der Waals surface area (Å²) in [6.45, 7) is 1.42. The lowest BCUT2D eigenvalue weighted by Gasteiger charge is -2.34. The van der Waals surface area contributed by atoms with Crippen molar-refractivity contribution in [2.24, 2.45) is 11.7 Å². The highest BCUT2D eigenvalue weighted by Crippen LogP contribution is 2.37. The Labute approximate surface area is 197 Å². The van der Waals surface area contributed by atoms with Gasteiger partial charge in [0.05, 0.1) is 6.54 Å². The number of oxazole rings is 1. The number of alkyl halides is 3. The third-order valence-corrected chi connectivity index (χ3v) is 6.25. The molecule has 2 aliphatic rings. The van der Waals surface area contributed by atoms with E-state index in [2.05, 4.69) is 9.97 Å². The maximum atomic E-state index is 13.2. The minimum Gasteiger partial charge on any atom is -0.506 e. The number of aromatic nitrogens is 2. The molecule has 1 saturated heterocycles. The number of hydrogen-bond donors (Lipinski definition) is 2. The van der Waals surface area contributed by atoms with Crippen molar-refractivity contribution in [2.75, 3.05) is 26.2 Å². The second kappa shape index (κ2) is 8.52. The van der Waals surface area contributed by atoms with Gasteiger partial charge in [-0.15, -0.1) is 0 Å². The van der Waals surface area contributed by atoms with Crippen LogP contribution < -0.4 is 5.73 Å². The van der Waals surface area contributed by atoms with Gasteiger partial charge in [-0.1, -0.05) is 0 Å². The van der Waals surface area contributed by atoms with Crippen molar-refractivity contribution in [1.29, 1.82) is 0 Å². The second-order valence-corrected chi connectivity index (χ2v) is 8.61. The molecule has 2 fully saturated rings. The van der Waals surface area contributed by atoms with Crippen LogP contribution in [0.15, 0.2) is 28.7 Å². The molecule has 2 aromatic heterocycles. The third-order valence-electron chi connectivity index (χ3n) is 6.25. The predicted molar refractivity (Wildman–Crippen MR) is 117 cm³/mol. The van der Waals surface area contributed by atoms with Crippen LogP contribution in [0.4, 0.5) is 13.2 Å². The average molecular weight is 489 g/mol. The number of rotatable bonds is 4. The van der Waals surface area contributed by atoms with E-state index >= 15 is 0 Å². The van der Waals surface area contributed by atoms with Gasteiger partial charge >= 0.3 is 6.18 Å². The number of aromatic hydroxyl groups is 1. The molecule has 3 aromatic rings. The molecule has 5 rings (SSSR count). The van der Waals surface area contributed by atoms with E-state index in [9.17, 15) is 27.9 Å². The number of phenols is 1. The van der Waals surface area contributed by atoms with Gasteiger partial charge in [0.2, 0.25) is 11.8 Å². The summed E-state index contributed by atoms with van der Waals surface area (Å²) in [7, 11) is 0. The van der Waals surface area contributed by atoms with E-state index in [1.165, 1.54) is 18.2 Å². The Morgan fingerprint density at radius 2 is 1.74 bits per heavy atom. The number of piperazine rings is 1. The Hall–Kier alpha value is -3.67. The first kappa shape index (κ1) is 23.1. The van der Waals surface area contributed by atoms with Gasteiger partial charge in [0, 0.05) is 43.0 Å². The number of carbonyl (C=O) groups excluding carboxylic acids is 2. The van der Waals surface area contributed by atoms with Gasteiger partial charge in [-0.05, 0) is 37.1 Å². The first-order valence-electron chi connectivity index (χ1n) is 11.2. The van der Waals surface area contributed by atoms with E-state index in [4.69, 9.17) is 10.2 Å². The highest BCUT2D eigenvalue weighted by Gasteiger charge is 2.36. The molecule has 1 aromatic carbocycles. The van der Waals surface area contributed by atoms with E-state index in [0.717, 1.165) is 18.9 Å². The van der Waals surface area contributed by atoms with Crippen LogP contribution in [0.1, 0.15) is 34.8 Å². The highest BCUT2D eigenvalue weighted by molar-refractivity contribution is 5.98. The van der Waals surface area contributed by atoms with Crippen molar-refractivity contribution in [3.8, 4) is 17.2 Å². The molecule has 184 valence electrons. The SMILES string of the molecule is NCc1oc(-c2ccc(O)c3nc(C(F)(F)F)ccc23)nc1C(=O)N1CCN(C(=O)C2CC2)CC1. The van der Waals surface area contributed by atoms with E-state index in [0.29, 0.717) is 26.2 Å². The fraction of sp³-hybridized carbons (Fsp3) is 0.391. The smallest absolute Gasteiger partial charge is 0.433 e. The van der Waals surface area contributed by atoms with Crippen molar-refractivity contribution in [3.05, 3.63) is 41.4 Å². The summed E-state index contributed by atoms with van der Waals surface area (Å²) in [5, 5.41) is 10.3. The average Bonchev–Trinajstić information content (AvgIpc) is 3.61. The van der Waals surface area contributed by atoms with E-state index < -0.39 is 23.5 Å². The van der Waals surface area contributed by atoms with E-state index in [1.54, 1.807) is 9.80 Å². The lowest BCUT2D eigenvalue weighted by Crippen LogP contribution is -2.51. The molecule has 0 atom stereocenters. The van der Waals surface area contributed by atoms with Crippen molar-refractivity contribution in [1.82, 2.24) is 19.8 Å². The zero-order valence-corrected chi connectivity index (χ0v) is 18.5. The fourth-order valence-electron chi connectivity index (χ4n) is 4.19. The molecule has 1 saturated carbocycles. The number of amides is 2. The summed E-state index contributed by atoms with van der Waals surface area (Å²) < 4.78 is 45.0. The number of carbonyl (C=O) groups is 2. The number of pyridine rings is 1. The van der Waals surface area contributed by atoms with Crippen molar-refractivity contribution in [2.45, 2.75) is 25.6 Å². The summed E-state index contributed by atoms with van der Waals surface area (Å²) >= 11 is 0. The summed E-state index contributed by atoms with van der Waals surface area (Å²) in [6.07, 6.45) is -2.85. The van der Waals surface area contributed by atoms with Crippen LogP contribution in [0.2, 0.25) is 0 Å². The normalized spacial score (nSPS) is 16.7. The zero-order chi connectivity index (χ0) is 24.9. The first-order chi connectivity index (χ1) is 16.7. The molecule has 1 aliphatic carbocycles. The number of benzene rings is 1. The van der Waals surface area contributed by atoms with Gasteiger partial charge in [0.15, 0.2) is 11.5 Å². The van der Waals surface area contributed by atoms with Crippen molar-refractivity contribution < 1.29 is 32.3 Å². The quantitative estimate of drug-likeness (QED) is 0.577. The predicted octanol–water partition coefficient (Wildman–Crippen LogP) is 2.77. The second-order valence-electron chi connectivity index (χ2n) is 8.61. The van der Waals surface area contributed by atoms with Crippen molar-refractivity contribution in [3.63, 3.8) is 0 Å². The zero-order valence-electron chi connectivity index (χ0n) is 18.5. The number of nitrogens with two attached hydrogens (primary N) is 1. The summed E-state index contributed by atoms with van der Waals surface area (Å²) in [5.74, 6) is -0.494. The highest BCUT2D eigenvalue weighted by atomic mass is 19.4. The van der Waals surface area contributed by atoms with Crippen LogP contribution in [0.25, 0.3) is 22.4 Å². The van der Waals surface area contributed by atoms with Crippen LogP contribution in [-0.4, -0.2) is 62.9 Å². The molecule has 9 nitrogen and oxygen atoms in total. The Bertz CT molecular complexity index is 1310. The largest absolute Gasteiger partial charge is 0.506 e. The van der Waals surface area contributed by atoms with Crippen LogP contribution in [-0.2, 0) is 17.5 Å². The van der Waals surface area contributed by atoms with Gasteiger partial charge in [0.25, 0.3) is 5.91 Å². The molecule has 3 N–H and O–H groups in total. The standard InChI is InChI=1S/C23H22F3N5O4/c24-23(25,26)17-6-4-13-14(3-5-15(32)18(13)28-17)20-29-19(16(11-27)35-20)22(34)31-9-7-30(8-10-31)21(33)12-1-2-12/h3-6,12,32H,1-2,7-11,27H2. The molecule has 35 heavy (non-hydrogen) atoms. The maximum absolute atomic E-state index is 13.2. The Morgan fingerprint density at radius 3 is 2.37 bits per heavy atom. The number of hydrogen-bond acceptors (Lipinski definition) is 7. The number of halogens is 3. The summed E-state index contributed by atoms with van der Waals surface area (Å²) in [5.41, 5.74) is 4.62. The fourth-order valence-corrected chi connectivity index (χ4v) is 4.19. The molecule has 0 radical (unpaired) electrons. The lowest BCUT2D eigenvalue weighted by molar-refractivity contribution is -0.141. The van der Waals surface area contributed by atoms with Gasteiger partial charge in [0.1, 0.15) is 17.0 Å². The van der Waals surface area contributed by atoms with Crippen LogP contribution in [0, 0.1) is 5.92 Å². The third kappa shape index (κ3) is 4.29. The van der Waals surface area contributed by atoms with E-state index in [1.807, 2.05) is 0 Å². The number of phenolic OH excluding ortho intramolecular Hbond substituents is 1. The van der Waals surface area contributed by atoms with Gasteiger partial charge in [-0.3, -0.25) is 9.59 Å². The Kier molecular flexibility index (Phi) is 5.62. The molecule has 12 heteroatoms. The van der Waals surface area contributed by atoms with Crippen LogP contribution in [0.5, 0.6) is 5.75 Å². The van der Waals surface area contributed by atoms with Crippen LogP contribution in [0.3, 0.4) is 0 Å². The summed E-state index contributed by atoms with van der Waals surface area (Å²) in [6, 6.07) is 4.58. The lowest BCUT2D eigenvalue weighted by atomic mass is 10.1. The number of nitrogens with zero attached hydrogens (tertiary/aromatic N) is 4. The number of fused-ring (bicyclic) bond motifs is 1. The minimum absolute atomic E-state index is 0.00515. The van der Waals surface area contributed by atoms with E-state index in [-0.39, 0.29) is 52.2 Å². The molecule has 1 aliphatic heterocycles. The van der Waals surface area contributed by atoms with Gasteiger partial charge < -0.3 is 25.1 Å². The van der Waals surface area contributed by atoms with Gasteiger partial charge in [-0.2, -0.15) is 13.2 Å². The minimum atomic E-state index is -4.68. The van der Waals surface area contributed by atoms with Gasteiger partial charge in [-0.25, -0.2) is 9.97 Å². The molecule has 2 amide bonds. The molecule has 0 spiro atoms. The Balaban J connectivity index is 1.43. The monoisotopic (exact) mass is 489 g/mol. The Morgan fingerprint density at radius 1 is 1.06 bits per heavy atom. The molecule has 3 heterocycles. The van der Waals surface area contributed by atoms with Crippen molar-refractivity contribution >= 4 is 22.7 Å². The molecule has 0 unspecified atom stereocenters. The summed E-state index contributed by atoms with van der Waals surface area (Å²) in [4.78, 5) is 36.7. The van der Waals surface area contributed by atoms with Crippen LogP contribution >= 0.6 is 0 Å². The molecular formula is C23H22F3N5O4. The molecular weight excluding hydrogens is 467 g/mol.